The number of amidine groups is 1. The fourth-order valence-corrected chi connectivity index (χ4v) is 2.49. The van der Waals surface area contributed by atoms with E-state index in [0.29, 0.717) is 12.3 Å². The Morgan fingerprint density at radius 3 is 2.67 bits per heavy atom. The Bertz CT molecular complexity index is 343. The lowest BCUT2D eigenvalue weighted by Crippen LogP contribution is -2.55. The first-order valence-corrected chi connectivity index (χ1v) is 6.67. The van der Waals surface area contributed by atoms with E-state index in [1.54, 1.807) is 6.92 Å². The average Bonchev–Trinajstić information content (AvgIpc) is 2.39. The number of hydrogen-bond donors (Lipinski definition) is 2. The van der Waals surface area contributed by atoms with Gasteiger partial charge in [0.15, 0.2) is 5.84 Å². The SMILES string of the molecule is CCC(C)(C(=O)N1CCCC(C)C1C)C(N)=NO. The minimum atomic E-state index is -0.903. The van der Waals surface area contributed by atoms with Crippen molar-refractivity contribution in [1.29, 1.82) is 0 Å². The number of nitrogens with zero attached hydrogens (tertiary/aromatic N) is 2. The third-order valence-corrected chi connectivity index (χ3v) is 4.49. The van der Waals surface area contributed by atoms with Crippen LogP contribution in [0.2, 0.25) is 0 Å². The minimum absolute atomic E-state index is 0.000395. The molecule has 0 spiro atoms. The second kappa shape index (κ2) is 5.59. The Hall–Kier alpha value is -1.26. The molecule has 1 aliphatic heterocycles. The maximum absolute atomic E-state index is 12.7. The number of nitrogens with two attached hydrogens (primary N) is 1. The summed E-state index contributed by atoms with van der Waals surface area (Å²) in [4.78, 5) is 14.5. The first-order valence-electron chi connectivity index (χ1n) is 6.67. The summed E-state index contributed by atoms with van der Waals surface area (Å²) in [6.07, 6.45) is 2.70. The molecule has 1 fully saturated rings. The number of oxime groups is 1. The monoisotopic (exact) mass is 255 g/mol. The van der Waals surface area contributed by atoms with Gasteiger partial charge in [0, 0.05) is 12.6 Å². The van der Waals surface area contributed by atoms with Gasteiger partial charge in [-0.15, -0.1) is 0 Å². The smallest absolute Gasteiger partial charge is 0.236 e. The minimum Gasteiger partial charge on any atom is -0.409 e. The molecule has 1 rings (SSSR count). The molecule has 0 aromatic carbocycles. The molecule has 1 heterocycles. The fraction of sp³-hybridized carbons (Fsp3) is 0.846. The van der Waals surface area contributed by atoms with Gasteiger partial charge < -0.3 is 15.8 Å². The molecule has 0 saturated carbocycles. The van der Waals surface area contributed by atoms with E-state index in [-0.39, 0.29) is 17.8 Å². The number of rotatable bonds is 3. The van der Waals surface area contributed by atoms with Gasteiger partial charge in [-0.2, -0.15) is 0 Å². The van der Waals surface area contributed by atoms with Gasteiger partial charge in [0.25, 0.3) is 0 Å². The van der Waals surface area contributed by atoms with Gasteiger partial charge in [-0.25, -0.2) is 0 Å². The number of carbonyl (C=O) groups excluding carboxylic acids is 1. The third kappa shape index (κ3) is 2.44. The molecule has 3 unspecified atom stereocenters. The van der Waals surface area contributed by atoms with Gasteiger partial charge in [-0.1, -0.05) is 19.0 Å². The van der Waals surface area contributed by atoms with Gasteiger partial charge >= 0.3 is 0 Å². The standard InChI is InChI=1S/C13H25N3O2/c1-5-13(4,11(14)15-18)12(17)16-8-6-7-9(2)10(16)3/h9-10,18H,5-8H2,1-4H3,(H2,14,15). The predicted molar refractivity (Wildman–Crippen MR) is 71.4 cm³/mol. The Labute approximate surface area is 109 Å². The molecule has 3 atom stereocenters. The van der Waals surface area contributed by atoms with Crippen molar-refractivity contribution >= 4 is 11.7 Å². The summed E-state index contributed by atoms with van der Waals surface area (Å²) >= 11 is 0. The summed E-state index contributed by atoms with van der Waals surface area (Å²) in [5, 5.41) is 11.9. The van der Waals surface area contributed by atoms with Gasteiger partial charge in [0.2, 0.25) is 5.91 Å². The molecule has 0 aromatic heterocycles. The van der Waals surface area contributed by atoms with Crippen LogP contribution in [0.4, 0.5) is 0 Å². The van der Waals surface area contributed by atoms with Crippen molar-refractivity contribution < 1.29 is 10.0 Å². The topological polar surface area (TPSA) is 78.9 Å². The van der Waals surface area contributed by atoms with Crippen LogP contribution in [0.5, 0.6) is 0 Å². The molecular weight excluding hydrogens is 230 g/mol. The summed E-state index contributed by atoms with van der Waals surface area (Å²) in [5.41, 5.74) is 4.80. The van der Waals surface area contributed by atoms with Crippen LogP contribution < -0.4 is 5.73 Å². The van der Waals surface area contributed by atoms with Crippen LogP contribution in [0.1, 0.15) is 47.0 Å². The lowest BCUT2D eigenvalue weighted by molar-refractivity contribution is -0.142. The van der Waals surface area contributed by atoms with Crippen molar-refractivity contribution in [2.24, 2.45) is 22.2 Å². The van der Waals surface area contributed by atoms with Crippen LogP contribution in [0, 0.1) is 11.3 Å². The summed E-state index contributed by atoms with van der Waals surface area (Å²) in [7, 11) is 0. The van der Waals surface area contributed by atoms with E-state index in [1.165, 1.54) is 0 Å². The number of hydrogen-bond acceptors (Lipinski definition) is 3. The van der Waals surface area contributed by atoms with E-state index < -0.39 is 5.41 Å². The van der Waals surface area contributed by atoms with Gasteiger partial charge in [-0.3, -0.25) is 4.79 Å². The van der Waals surface area contributed by atoms with E-state index >= 15 is 0 Å². The molecule has 0 aliphatic carbocycles. The molecule has 1 amide bonds. The van der Waals surface area contributed by atoms with Gasteiger partial charge in [0.05, 0.1) is 0 Å². The lowest BCUT2D eigenvalue weighted by Gasteiger charge is -2.42. The number of amides is 1. The third-order valence-electron chi connectivity index (χ3n) is 4.49. The quantitative estimate of drug-likeness (QED) is 0.349. The molecule has 5 nitrogen and oxygen atoms in total. The number of carbonyl (C=O) groups is 1. The summed E-state index contributed by atoms with van der Waals surface area (Å²) in [5.74, 6) is 0.468. The normalized spacial score (nSPS) is 28.9. The fourth-order valence-electron chi connectivity index (χ4n) is 2.49. The zero-order valence-electron chi connectivity index (χ0n) is 11.8. The van der Waals surface area contributed by atoms with Crippen LogP contribution in [0.3, 0.4) is 0 Å². The van der Waals surface area contributed by atoms with E-state index in [0.717, 1.165) is 19.4 Å². The molecule has 3 N–H and O–H groups in total. The second-order valence-electron chi connectivity index (χ2n) is 5.53. The molecule has 1 aliphatic rings. The Kier molecular flexibility index (Phi) is 4.59. The molecule has 5 heteroatoms. The van der Waals surface area contributed by atoms with Crippen LogP contribution in [0.15, 0.2) is 5.16 Å². The van der Waals surface area contributed by atoms with Crippen LogP contribution in [-0.4, -0.2) is 34.4 Å². The van der Waals surface area contributed by atoms with Crippen LogP contribution >= 0.6 is 0 Å². The van der Waals surface area contributed by atoms with Gasteiger partial charge in [-0.05, 0) is 39.0 Å². The molecule has 0 radical (unpaired) electrons. The van der Waals surface area contributed by atoms with Crippen molar-refractivity contribution in [3.63, 3.8) is 0 Å². The van der Waals surface area contributed by atoms with E-state index in [4.69, 9.17) is 10.9 Å². The molecule has 0 bridgehead atoms. The zero-order valence-corrected chi connectivity index (χ0v) is 11.8. The van der Waals surface area contributed by atoms with Gasteiger partial charge in [0.1, 0.15) is 5.41 Å². The second-order valence-corrected chi connectivity index (χ2v) is 5.53. The van der Waals surface area contributed by atoms with Crippen molar-refractivity contribution in [1.82, 2.24) is 4.90 Å². The highest BCUT2D eigenvalue weighted by Crippen LogP contribution is 2.30. The highest BCUT2D eigenvalue weighted by atomic mass is 16.4. The van der Waals surface area contributed by atoms with Crippen molar-refractivity contribution in [3.05, 3.63) is 0 Å². The first-order chi connectivity index (χ1) is 8.38. The lowest BCUT2D eigenvalue weighted by atomic mass is 9.82. The molecule has 1 saturated heterocycles. The van der Waals surface area contributed by atoms with Crippen LogP contribution in [0.25, 0.3) is 0 Å². The van der Waals surface area contributed by atoms with E-state index in [9.17, 15) is 4.79 Å². The van der Waals surface area contributed by atoms with Crippen LogP contribution in [-0.2, 0) is 4.79 Å². The molecule has 18 heavy (non-hydrogen) atoms. The molecule has 0 aromatic rings. The number of likely N-dealkylation sites (tertiary alicyclic amines) is 1. The Morgan fingerprint density at radius 1 is 1.56 bits per heavy atom. The Balaban J connectivity index is 2.97. The zero-order chi connectivity index (χ0) is 13.9. The first kappa shape index (κ1) is 14.8. The highest BCUT2D eigenvalue weighted by Gasteiger charge is 2.42. The van der Waals surface area contributed by atoms with E-state index in [2.05, 4.69) is 19.0 Å². The largest absolute Gasteiger partial charge is 0.409 e. The summed E-state index contributed by atoms with van der Waals surface area (Å²) in [6.45, 7) is 8.63. The predicted octanol–water partition coefficient (Wildman–Crippen LogP) is 1.80. The summed E-state index contributed by atoms with van der Waals surface area (Å²) in [6, 6.07) is 0.212. The molecular formula is C13H25N3O2. The maximum atomic E-state index is 12.7. The van der Waals surface area contributed by atoms with E-state index in [1.807, 2.05) is 11.8 Å². The number of piperidine rings is 1. The summed E-state index contributed by atoms with van der Waals surface area (Å²) < 4.78 is 0. The highest BCUT2D eigenvalue weighted by molar-refractivity contribution is 6.06. The van der Waals surface area contributed by atoms with Crippen molar-refractivity contribution in [2.45, 2.75) is 53.0 Å². The van der Waals surface area contributed by atoms with Crippen molar-refractivity contribution in [3.8, 4) is 0 Å². The average molecular weight is 255 g/mol. The Morgan fingerprint density at radius 2 is 2.17 bits per heavy atom. The molecule has 104 valence electrons. The maximum Gasteiger partial charge on any atom is 0.236 e. The van der Waals surface area contributed by atoms with Crippen molar-refractivity contribution in [2.75, 3.05) is 6.54 Å².